The number of hydrogen-bond acceptors (Lipinski definition) is 5. The average Bonchev–Trinajstić information content (AvgIpc) is 2.90. The van der Waals surface area contributed by atoms with Crippen molar-refractivity contribution in [2.45, 2.75) is 10.2 Å². The Labute approximate surface area is 107 Å². The van der Waals surface area contributed by atoms with Crippen LogP contribution in [-0.4, -0.2) is 9.97 Å². The van der Waals surface area contributed by atoms with Crippen LogP contribution in [-0.2, 0) is 0 Å². The van der Waals surface area contributed by atoms with Gasteiger partial charge in [-0.2, -0.15) is 5.26 Å². The molecule has 18 heavy (non-hydrogen) atoms. The normalized spacial score (nSPS) is 10.4. The second-order valence-electron chi connectivity index (χ2n) is 3.54. The van der Waals surface area contributed by atoms with Gasteiger partial charge >= 0.3 is 0 Å². The molecule has 0 bridgehead atoms. The number of benzene rings is 1. The van der Waals surface area contributed by atoms with Gasteiger partial charge in [-0.15, -0.1) is 0 Å². The maximum absolute atomic E-state index is 9.16. The number of para-hydroxylation sites is 1. The predicted octanol–water partition coefficient (Wildman–Crippen LogP) is 3.25. The molecule has 2 heterocycles. The second kappa shape index (κ2) is 4.51. The molecule has 3 aromatic rings. The van der Waals surface area contributed by atoms with Crippen LogP contribution in [0.1, 0.15) is 5.56 Å². The molecule has 0 aliphatic rings. The number of fused-ring (bicyclic) bond motifs is 1. The van der Waals surface area contributed by atoms with Gasteiger partial charge in [-0.05, 0) is 23.9 Å². The zero-order valence-electron chi connectivity index (χ0n) is 9.20. The van der Waals surface area contributed by atoms with Gasteiger partial charge in [0.05, 0.1) is 23.3 Å². The van der Waals surface area contributed by atoms with Crippen molar-refractivity contribution in [1.29, 1.82) is 5.26 Å². The Morgan fingerprint density at radius 3 is 2.94 bits per heavy atom. The van der Waals surface area contributed by atoms with Crippen LogP contribution in [0.4, 0.5) is 0 Å². The molecule has 4 nitrogen and oxygen atoms in total. The Hall–Kier alpha value is -2.32. The molecule has 5 heteroatoms. The van der Waals surface area contributed by atoms with Crippen LogP contribution in [0.3, 0.4) is 0 Å². The van der Waals surface area contributed by atoms with E-state index in [4.69, 9.17) is 9.68 Å². The minimum atomic E-state index is 0.515. The van der Waals surface area contributed by atoms with Crippen molar-refractivity contribution in [3.8, 4) is 6.07 Å². The molecule has 0 aliphatic carbocycles. The summed E-state index contributed by atoms with van der Waals surface area (Å²) in [7, 11) is 0. The topological polar surface area (TPSA) is 62.7 Å². The number of aromatic nitrogens is 2. The Morgan fingerprint density at radius 2 is 2.17 bits per heavy atom. The van der Waals surface area contributed by atoms with Crippen molar-refractivity contribution >= 4 is 22.7 Å². The number of rotatable bonds is 2. The highest BCUT2D eigenvalue weighted by Gasteiger charge is 2.08. The van der Waals surface area contributed by atoms with Crippen molar-refractivity contribution in [2.24, 2.45) is 0 Å². The summed E-state index contributed by atoms with van der Waals surface area (Å²) >= 11 is 1.30. The van der Waals surface area contributed by atoms with E-state index >= 15 is 0 Å². The van der Waals surface area contributed by atoms with E-state index in [2.05, 4.69) is 16.0 Å². The van der Waals surface area contributed by atoms with E-state index < -0.39 is 0 Å². The lowest BCUT2D eigenvalue weighted by Crippen LogP contribution is -1.87. The van der Waals surface area contributed by atoms with E-state index in [1.165, 1.54) is 18.0 Å². The highest BCUT2D eigenvalue weighted by Crippen LogP contribution is 2.28. The van der Waals surface area contributed by atoms with E-state index in [1.807, 2.05) is 24.3 Å². The van der Waals surface area contributed by atoms with Gasteiger partial charge in [0, 0.05) is 5.39 Å². The zero-order chi connectivity index (χ0) is 12.4. The molecule has 1 aromatic carbocycles. The third-order valence-corrected chi connectivity index (χ3v) is 3.21. The third-order valence-electron chi connectivity index (χ3n) is 2.41. The Bertz CT molecular complexity index is 732. The Kier molecular flexibility index (Phi) is 2.71. The monoisotopic (exact) mass is 253 g/mol. The molecule has 0 aliphatic heterocycles. The lowest BCUT2D eigenvalue weighted by atomic mass is 10.1. The van der Waals surface area contributed by atoms with Gasteiger partial charge < -0.3 is 4.42 Å². The molecule has 0 saturated carbocycles. The van der Waals surface area contributed by atoms with E-state index in [1.54, 1.807) is 12.3 Å². The van der Waals surface area contributed by atoms with Gasteiger partial charge in [0.15, 0.2) is 0 Å². The summed E-state index contributed by atoms with van der Waals surface area (Å²) in [6.45, 7) is 0. The van der Waals surface area contributed by atoms with Crippen molar-refractivity contribution in [3.63, 3.8) is 0 Å². The SMILES string of the molecule is N#Cc1cc(Sc2ncco2)nc2ccccc12. The average molecular weight is 253 g/mol. The fourth-order valence-corrected chi connectivity index (χ4v) is 2.36. The molecule has 0 amide bonds. The van der Waals surface area contributed by atoms with Gasteiger partial charge in [-0.3, -0.25) is 0 Å². The molecule has 0 saturated heterocycles. The lowest BCUT2D eigenvalue weighted by Gasteiger charge is -2.02. The molecule has 0 atom stereocenters. The van der Waals surface area contributed by atoms with Crippen LogP contribution in [0.25, 0.3) is 10.9 Å². The quantitative estimate of drug-likeness (QED) is 0.701. The molecule has 0 radical (unpaired) electrons. The second-order valence-corrected chi connectivity index (χ2v) is 4.51. The fraction of sp³-hybridized carbons (Fsp3) is 0. The van der Waals surface area contributed by atoms with E-state index in [9.17, 15) is 0 Å². The maximum Gasteiger partial charge on any atom is 0.261 e. The first kappa shape index (κ1) is 10.8. The highest BCUT2D eigenvalue weighted by atomic mass is 32.2. The van der Waals surface area contributed by atoms with Crippen LogP contribution < -0.4 is 0 Å². The molecular weight excluding hydrogens is 246 g/mol. The summed E-state index contributed by atoms with van der Waals surface area (Å²) in [4.78, 5) is 8.49. The molecule has 0 spiro atoms. The molecule has 2 aromatic heterocycles. The summed E-state index contributed by atoms with van der Waals surface area (Å²) < 4.78 is 5.15. The van der Waals surface area contributed by atoms with Crippen LogP contribution in [0.15, 0.2) is 57.5 Å². The van der Waals surface area contributed by atoms with Crippen LogP contribution >= 0.6 is 11.8 Å². The number of nitriles is 1. The first-order valence-electron chi connectivity index (χ1n) is 5.24. The van der Waals surface area contributed by atoms with E-state index in [0.717, 1.165) is 10.9 Å². The summed E-state index contributed by atoms with van der Waals surface area (Å²) in [5.41, 5.74) is 1.40. The number of hydrogen-bond donors (Lipinski definition) is 0. The van der Waals surface area contributed by atoms with Crippen molar-refractivity contribution in [1.82, 2.24) is 9.97 Å². The fourth-order valence-electron chi connectivity index (χ4n) is 1.65. The standard InChI is InChI=1S/C13H7N3OS/c14-8-9-7-12(18-13-15-5-6-17-13)16-11-4-2-1-3-10(9)11/h1-7H. The first-order valence-corrected chi connectivity index (χ1v) is 6.06. The Balaban J connectivity index is 2.11. The Morgan fingerprint density at radius 1 is 1.28 bits per heavy atom. The molecule has 0 unspecified atom stereocenters. The molecular formula is C13H7N3OS. The highest BCUT2D eigenvalue weighted by molar-refractivity contribution is 7.99. The minimum Gasteiger partial charge on any atom is -0.440 e. The van der Waals surface area contributed by atoms with Crippen LogP contribution in [0.5, 0.6) is 0 Å². The van der Waals surface area contributed by atoms with E-state index in [0.29, 0.717) is 15.8 Å². The molecule has 0 N–H and O–H groups in total. The summed E-state index contributed by atoms with van der Waals surface area (Å²) in [5, 5.41) is 11.2. The van der Waals surface area contributed by atoms with Crippen molar-refractivity contribution in [2.75, 3.05) is 0 Å². The summed E-state index contributed by atoms with van der Waals surface area (Å²) in [5.74, 6) is 0. The van der Waals surface area contributed by atoms with Crippen molar-refractivity contribution in [3.05, 3.63) is 48.4 Å². The van der Waals surface area contributed by atoms with Gasteiger partial charge in [-0.25, -0.2) is 9.97 Å². The smallest absolute Gasteiger partial charge is 0.261 e. The minimum absolute atomic E-state index is 0.515. The van der Waals surface area contributed by atoms with Gasteiger partial charge in [0.2, 0.25) is 0 Å². The summed E-state index contributed by atoms with van der Waals surface area (Å²) in [6, 6.07) is 11.5. The maximum atomic E-state index is 9.16. The number of pyridine rings is 1. The number of oxazole rings is 1. The predicted molar refractivity (Wildman–Crippen MR) is 67.1 cm³/mol. The van der Waals surface area contributed by atoms with Gasteiger partial charge in [0.1, 0.15) is 11.3 Å². The lowest BCUT2D eigenvalue weighted by molar-refractivity contribution is 0.454. The van der Waals surface area contributed by atoms with Crippen LogP contribution in [0, 0.1) is 11.3 Å². The van der Waals surface area contributed by atoms with E-state index in [-0.39, 0.29) is 0 Å². The number of nitrogens with zero attached hydrogens (tertiary/aromatic N) is 3. The molecule has 3 rings (SSSR count). The zero-order valence-corrected chi connectivity index (χ0v) is 10.0. The third kappa shape index (κ3) is 1.94. The summed E-state index contributed by atoms with van der Waals surface area (Å²) in [6.07, 6.45) is 3.09. The largest absolute Gasteiger partial charge is 0.440 e. The van der Waals surface area contributed by atoms with Gasteiger partial charge in [-0.1, -0.05) is 18.2 Å². The first-order chi connectivity index (χ1) is 8.86. The van der Waals surface area contributed by atoms with Gasteiger partial charge in [0.25, 0.3) is 5.22 Å². The van der Waals surface area contributed by atoms with Crippen molar-refractivity contribution < 1.29 is 4.42 Å². The van der Waals surface area contributed by atoms with Crippen LogP contribution in [0.2, 0.25) is 0 Å². The molecule has 0 fully saturated rings. The molecule has 86 valence electrons.